The van der Waals surface area contributed by atoms with Gasteiger partial charge in [0.05, 0.1) is 10.8 Å². The zero-order valence-electron chi connectivity index (χ0n) is 13.7. The number of primary amides is 1. The third kappa shape index (κ3) is 5.18. The third-order valence-corrected chi connectivity index (χ3v) is 5.56. The van der Waals surface area contributed by atoms with E-state index in [0.717, 1.165) is 0 Å². The maximum atomic E-state index is 12.3. The van der Waals surface area contributed by atoms with Gasteiger partial charge in [-0.1, -0.05) is 23.1 Å². The van der Waals surface area contributed by atoms with Crippen molar-refractivity contribution in [2.45, 2.75) is 42.8 Å². The number of carbonyl (C=O) groups excluding carboxylic acids is 2. The molecule has 24 heavy (non-hydrogen) atoms. The SMILES string of the molecule is CC(Sc1nnc(NC(C)(C)C)s1)C(=O)Nc1sccc1C(N)=O. The van der Waals surface area contributed by atoms with Crippen LogP contribution in [0.15, 0.2) is 15.8 Å². The average Bonchev–Trinajstić information content (AvgIpc) is 3.06. The van der Waals surface area contributed by atoms with Gasteiger partial charge in [-0.05, 0) is 39.1 Å². The Morgan fingerprint density at radius 3 is 2.67 bits per heavy atom. The van der Waals surface area contributed by atoms with E-state index >= 15 is 0 Å². The van der Waals surface area contributed by atoms with Crippen molar-refractivity contribution in [3.63, 3.8) is 0 Å². The third-order valence-electron chi connectivity index (χ3n) is 2.70. The molecular formula is C14H19N5O2S3. The van der Waals surface area contributed by atoms with E-state index in [9.17, 15) is 9.59 Å². The van der Waals surface area contributed by atoms with Gasteiger partial charge in [0.15, 0.2) is 4.34 Å². The molecule has 10 heteroatoms. The van der Waals surface area contributed by atoms with Gasteiger partial charge in [-0.3, -0.25) is 9.59 Å². The Morgan fingerprint density at radius 2 is 2.04 bits per heavy atom. The standard InChI is InChI=1S/C14H19N5O2S3/c1-7(10(21)16-11-8(9(15)20)5-6-22-11)23-13-19-18-12(24-13)17-14(2,3)4/h5-7H,1-4H3,(H2,15,20)(H,16,21)(H,17,18). The van der Waals surface area contributed by atoms with E-state index in [1.165, 1.54) is 34.4 Å². The maximum Gasteiger partial charge on any atom is 0.251 e. The fourth-order valence-electron chi connectivity index (χ4n) is 1.65. The number of carbonyl (C=O) groups is 2. The molecule has 7 nitrogen and oxygen atoms in total. The van der Waals surface area contributed by atoms with Gasteiger partial charge in [0, 0.05) is 5.54 Å². The molecule has 0 bridgehead atoms. The van der Waals surface area contributed by atoms with E-state index in [1.54, 1.807) is 18.4 Å². The molecule has 0 spiro atoms. The number of hydrogen-bond acceptors (Lipinski definition) is 8. The molecule has 0 aromatic carbocycles. The Balaban J connectivity index is 1.97. The minimum atomic E-state index is -0.561. The van der Waals surface area contributed by atoms with Crippen LogP contribution >= 0.6 is 34.4 Å². The van der Waals surface area contributed by atoms with Crippen LogP contribution in [0.5, 0.6) is 0 Å². The second kappa shape index (κ2) is 7.49. The Morgan fingerprint density at radius 1 is 1.33 bits per heavy atom. The molecule has 0 fully saturated rings. The molecular weight excluding hydrogens is 366 g/mol. The Bertz CT molecular complexity index is 735. The smallest absolute Gasteiger partial charge is 0.251 e. The lowest BCUT2D eigenvalue weighted by molar-refractivity contribution is -0.115. The Labute approximate surface area is 152 Å². The summed E-state index contributed by atoms with van der Waals surface area (Å²) in [6.07, 6.45) is 0. The lowest BCUT2D eigenvalue weighted by atomic mass is 10.1. The monoisotopic (exact) mass is 385 g/mol. The molecule has 0 saturated heterocycles. The zero-order chi connectivity index (χ0) is 17.9. The summed E-state index contributed by atoms with van der Waals surface area (Å²) in [6.45, 7) is 7.88. The lowest BCUT2D eigenvalue weighted by Gasteiger charge is -2.18. The normalized spacial score (nSPS) is 12.7. The van der Waals surface area contributed by atoms with Crippen molar-refractivity contribution >= 4 is 56.4 Å². The van der Waals surface area contributed by atoms with Crippen LogP contribution < -0.4 is 16.4 Å². The second-order valence-corrected chi connectivity index (χ2v) is 9.51. The minimum Gasteiger partial charge on any atom is -0.366 e. The fourth-order valence-corrected chi connectivity index (χ4v) is 4.55. The average molecular weight is 386 g/mol. The number of anilines is 2. The first-order valence-corrected chi connectivity index (χ1v) is 9.70. The molecule has 2 amide bonds. The van der Waals surface area contributed by atoms with Gasteiger partial charge in [-0.15, -0.1) is 21.5 Å². The molecule has 2 heterocycles. The minimum absolute atomic E-state index is 0.102. The summed E-state index contributed by atoms with van der Waals surface area (Å²) >= 11 is 3.98. The first-order valence-electron chi connectivity index (χ1n) is 7.12. The quantitative estimate of drug-likeness (QED) is 0.659. The summed E-state index contributed by atoms with van der Waals surface area (Å²) in [5.41, 5.74) is 5.49. The highest BCUT2D eigenvalue weighted by Crippen LogP contribution is 2.31. The molecule has 2 aromatic heterocycles. The van der Waals surface area contributed by atoms with Crippen LogP contribution in [-0.4, -0.2) is 32.8 Å². The van der Waals surface area contributed by atoms with Gasteiger partial charge in [0.1, 0.15) is 5.00 Å². The van der Waals surface area contributed by atoms with E-state index in [0.29, 0.717) is 20.0 Å². The molecule has 0 aliphatic heterocycles. The number of nitrogens with two attached hydrogens (primary N) is 1. The van der Waals surface area contributed by atoms with Crippen molar-refractivity contribution in [3.05, 3.63) is 17.0 Å². The van der Waals surface area contributed by atoms with Crippen molar-refractivity contribution in [1.82, 2.24) is 10.2 Å². The number of thioether (sulfide) groups is 1. The van der Waals surface area contributed by atoms with Crippen LogP contribution in [0.1, 0.15) is 38.1 Å². The molecule has 1 atom stereocenters. The molecule has 0 aliphatic rings. The predicted octanol–water partition coefficient (Wildman–Crippen LogP) is 3.03. The number of nitrogens with one attached hydrogen (secondary N) is 2. The number of aromatic nitrogens is 2. The molecule has 1 unspecified atom stereocenters. The van der Waals surface area contributed by atoms with E-state index in [4.69, 9.17) is 5.73 Å². The van der Waals surface area contributed by atoms with E-state index in [1.807, 2.05) is 20.8 Å². The second-order valence-electron chi connectivity index (χ2n) is 6.03. The number of thiophene rings is 1. The highest BCUT2D eigenvalue weighted by atomic mass is 32.2. The highest BCUT2D eigenvalue weighted by molar-refractivity contribution is 8.02. The van der Waals surface area contributed by atoms with Crippen LogP contribution in [0.4, 0.5) is 10.1 Å². The number of amides is 2. The van der Waals surface area contributed by atoms with E-state index in [2.05, 4.69) is 20.8 Å². The zero-order valence-corrected chi connectivity index (χ0v) is 16.2. The predicted molar refractivity (Wildman–Crippen MR) is 100 cm³/mol. The Hall–Kier alpha value is -1.65. The van der Waals surface area contributed by atoms with E-state index in [-0.39, 0.29) is 16.7 Å². The van der Waals surface area contributed by atoms with Crippen molar-refractivity contribution in [2.24, 2.45) is 5.73 Å². The van der Waals surface area contributed by atoms with Crippen LogP contribution in [0, 0.1) is 0 Å². The van der Waals surface area contributed by atoms with Gasteiger partial charge >= 0.3 is 0 Å². The number of hydrogen-bond donors (Lipinski definition) is 3. The van der Waals surface area contributed by atoms with Crippen molar-refractivity contribution in [2.75, 3.05) is 10.6 Å². The fraction of sp³-hybridized carbons (Fsp3) is 0.429. The number of nitrogens with zero attached hydrogens (tertiary/aromatic N) is 2. The van der Waals surface area contributed by atoms with Crippen molar-refractivity contribution in [3.8, 4) is 0 Å². The maximum absolute atomic E-state index is 12.3. The summed E-state index contributed by atoms with van der Waals surface area (Å²) in [7, 11) is 0. The van der Waals surface area contributed by atoms with Crippen molar-refractivity contribution in [1.29, 1.82) is 0 Å². The summed E-state index contributed by atoms with van der Waals surface area (Å²) in [4.78, 5) is 23.6. The molecule has 4 N–H and O–H groups in total. The summed E-state index contributed by atoms with van der Waals surface area (Å²) < 4.78 is 0.700. The summed E-state index contributed by atoms with van der Waals surface area (Å²) in [6, 6.07) is 1.59. The van der Waals surface area contributed by atoms with Gasteiger partial charge in [0.25, 0.3) is 5.91 Å². The van der Waals surface area contributed by atoms with Gasteiger partial charge < -0.3 is 16.4 Å². The van der Waals surface area contributed by atoms with Crippen LogP contribution in [0.3, 0.4) is 0 Å². The molecule has 2 aromatic rings. The lowest BCUT2D eigenvalue weighted by Crippen LogP contribution is -2.25. The highest BCUT2D eigenvalue weighted by Gasteiger charge is 2.21. The summed E-state index contributed by atoms with van der Waals surface area (Å²) in [5, 5.41) is 16.6. The van der Waals surface area contributed by atoms with Gasteiger partial charge in [-0.25, -0.2) is 0 Å². The molecule has 0 saturated carbocycles. The molecule has 2 rings (SSSR count). The van der Waals surface area contributed by atoms with Crippen LogP contribution in [0.25, 0.3) is 0 Å². The Kier molecular flexibility index (Phi) is 5.83. The molecule has 0 aliphatic carbocycles. The van der Waals surface area contributed by atoms with Crippen molar-refractivity contribution < 1.29 is 9.59 Å². The van der Waals surface area contributed by atoms with Gasteiger partial charge in [0.2, 0.25) is 11.0 Å². The molecule has 130 valence electrons. The first kappa shape index (κ1) is 18.7. The largest absolute Gasteiger partial charge is 0.366 e. The van der Waals surface area contributed by atoms with Crippen LogP contribution in [-0.2, 0) is 4.79 Å². The number of rotatable bonds is 6. The van der Waals surface area contributed by atoms with E-state index < -0.39 is 5.91 Å². The topological polar surface area (TPSA) is 110 Å². The van der Waals surface area contributed by atoms with Gasteiger partial charge in [-0.2, -0.15) is 0 Å². The first-order chi connectivity index (χ1) is 11.2. The summed E-state index contributed by atoms with van der Waals surface area (Å²) in [5.74, 6) is -0.778. The van der Waals surface area contributed by atoms with Crippen LogP contribution in [0.2, 0.25) is 0 Å². The molecule has 0 radical (unpaired) electrons.